The summed E-state index contributed by atoms with van der Waals surface area (Å²) in [5.74, 6) is -3.81. The van der Waals surface area contributed by atoms with E-state index < -0.39 is 44.1 Å². The third-order valence-electron chi connectivity index (χ3n) is 1.65. The quantitative estimate of drug-likeness (QED) is 0.220. The fourth-order valence-electron chi connectivity index (χ4n) is 1.00. The van der Waals surface area contributed by atoms with Gasteiger partial charge in [0.2, 0.25) is 5.76 Å². The van der Waals surface area contributed by atoms with E-state index in [4.69, 9.17) is 20.0 Å². The number of aliphatic hydroxyl groups excluding tert-OH is 2. The van der Waals surface area contributed by atoms with Crippen molar-refractivity contribution in [2.45, 2.75) is 12.2 Å². The molecule has 0 unspecified atom stereocenters. The van der Waals surface area contributed by atoms with E-state index in [1.54, 1.807) is 0 Å². The molecular weight excluding hydrogens is 254 g/mol. The van der Waals surface area contributed by atoms with Crippen LogP contribution in [0.3, 0.4) is 0 Å². The summed E-state index contributed by atoms with van der Waals surface area (Å²) in [6.45, 7) is -0.854. The van der Waals surface area contributed by atoms with Crippen LogP contribution < -0.4 is 24.0 Å². The molecule has 1 heterocycles. The van der Waals surface area contributed by atoms with Crippen LogP contribution in [0.2, 0.25) is 0 Å². The average Bonchev–Trinajstić information content (AvgIpc) is 2.42. The number of rotatable bonds is 4. The number of esters is 1. The van der Waals surface area contributed by atoms with Gasteiger partial charge in [0.05, 0.1) is 6.61 Å². The van der Waals surface area contributed by atoms with Crippen molar-refractivity contribution in [3.05, 3.63) is 11.5 Å². The van der Waals surface area contributed by atoms with Crippen LogP contribution in [0.5, 0.6) is 0 Å². The molecule has 1 rings (SSSR count). The largest absolute Gasteiger partial charge is 1.00 e. The van der Waals surface area contributed by atoms with Crippen molar-refractivity contribution >= 4 is 13.8 Å². The summed E-state index contributed by atoms with van der Waals surface area (Å²) in [5, 5.41) is 28.8. The Bertz CT molecular complexity index is 374. The molecule has 0 aliphatic carbocycles. The van der Waals surface area contributed by atoms with E-state index in [0.29, 0.717) is 0 Å². The molecule has 0 radical (unpaired) electrons. The monoisotopic (exact) mass is 262 g/mol. The second-order valence-corrected chi connectivity index (χ2v) is 4.01. The average molecular weight is 262 g/mol. The minimum atomic E-state index is -5.06. The van der Waals surface area contributed by atoms with E-state index in [1.807, 2.05) is 0 Å². The van der Waals surface area contributed by atoms with Crippen molar-refractivity contribution in [1.29, 1.82) is 0 Å². The van der Waals surface area contributed by atoms with Gasteiger partial charge < -0.3 is 24.6 Å². The molecule has 92 valence electrons. The Morgan fingerprint density at radius 3 is 2.47 bits per heavy atom. The summed E-state index contributed by atoms with van der Waals surface area (Å²) in [4.78, 5) is 27.7. The Morgan fingerprint density at radius 1 is 1.53 bits per heavy atom. The summed E-state index contributed by atoms with van der Waals surface area (Å²) < 4.78 is 18.5. The molecular formula is C6H8LiO9P. The Kier molecular flexibility index (Phi) is 5.70. The summed E-state index contributed by atoms with van der Waals surface area (Å²) in [7, 11) is -5.06. The molecule has 2 atom stereocenters. The van der Waals surface area contributed by atoms with Crippen LogP contribution in [0, 0.1) is 0 Å². The molecule has 0 fully saturated rings. The summed E-state index contributed by atoms with van der Waals surface area (Å²) >= 11 is 0. The van der Waals surface area contributed by atoms with Crippen LogP contribution in [-0.4, -0.2) is 44.8 Å². The van der Waals surface area contributed by atoms with E-state index in [-0.39, 0.29) is 18.9 Å². The standard InChI is InChI=1S/C6H9O9P.Li/c7-1-2(8)4-3(9)5(6(10)14-4)15-16(11,12)13;/h2,4,7-9H,1H2,(H2,11,12,13);/q;+1/p-1/t2-,4+;/m0./s1. The molecule has 1 aliphatic heterocycles. The predicted octanol–water partition coefficient (Wildman–Crippen LogP) is -6.05. The van der Waals surface area contributed by atoms with E-state index in [0.717, 1.165) is 0 Å². The Hall–Kier alpha value is -0.523. The number of hydrogen-bond acceptors (Lipinski definition) is 7. The van der Waals surface area contributed by atoms with Gasteiger partial charge in [0.25, 0.3) is 0 Å². The molecule has 0 saturated heterocycles. The Labute approximate surface area is 107 Å². The number of ether oxygens (including phenoxy) is 1. The SMILES string of the molecule is O=C1O[C@H]([C@@H](O)CO)C([O-])=C1OP(=O)(O)O.[Li+]. The molecule has 0 aromatic heterocycles. The number of cyclic esters (lactones) is 1. The molecule has 0 aromatic rings. The third kappa shape index (κ3) is 4.01. The van der Waals surface area contributed by atoms with Gasteiger partial charge in [0.15, 0.2) is 0 Å². The second kappa shape index (κ2) is 5.89. The summed E-state index contributed by atoms with van der Waals surface area (Å²) in [6.07, 6.45) is -3.38. The Balaban J connectivity index is 0.00000256. The topological polar surface area (TPSA) is 157 Å². The van der Waals surface area contributed by atoms with Gasteiger partial charge in [0, 0.05) is 0 Å². The van der Waals surface area contributed by atoms with Crippen molar-refractivity contribution in [1.82, 2.24) is 0 Å². The van der Waals surface area contributed by atoms with E-state index >= 15 is 0 Å². The molecule has 9 nitrogen and oxygen atoms in total. The molecule has 4 N–H and O–H groups in total. The molecule has 17 heavy (non-hydrogen) atoms. The van der Waals surface area contributed by atoms with Gasteiger partial charge in [-0.15, -0.1) is 0 Å². The molecule has 0 amide bonds. The first-order chi connectivity index (χ1) is 7.26. The molecule has 0 spiro atoms. The fourth-order valence-corrected chi connectivity index (χ4v) is 1.40. The molecule has 1 aliphatic rings. The predicted molar refractivity (Wildman–Crippen MR) is 43.1 cm³/mol. The van der Waals surface area contributed by atoms with Crippen LogP contribution in [0.25, 0.3) is 0 Å². The van der Waals surface area contributed by atoms with Crippen molar-refractivity contribution in [2.75, 3.05) is 6.61 Å². The minimum absolute atomic E-state index is 0. The smallest absolute Gasteiger partial charge is 0.870 e. The van der Waals surface area contributed by atoms with Gasteiger partial charge in [-0.1, -0.05) is 0 Å². The number of carbonyl (C=O) groups is 1. The first-order valence-corrected chi connectivity index (χ1v) is 5.45. The number of aliphatic hydroxyl groups is 2. The maximum atomic E-state index is 11.3. The van der Waals surface area contributed by atoms with E-state index in [1.165, 1.54) is 0 Å². The first kappa shape index (κ1) is 16.5. The number of phosphoric ester groups is 1. The van der Waals surface area contributed by atoms with E-state index in [2.05, 4.69) is 9.26 Å². The zero-order valence-electron chi connectivity index (χ0n) is 8.64. The maximum Gasteiger partial charge on any atom is 1.00 e. The van der Waals surface area contributed by atoms with Crippen molar-refractivity contribution in [3.8, 4) is 0 Å². The van der Waals surface area contributed by atoms with Crippen molar-refractivity contribution < 1.29 is 62.6 Å². The minimum Gasteiger partial charge on any atom is -0.870 e. The van der Waals surface area contributed by atoms with Gasteiger partial charge in [-0.05, 0) is 5.76 Å². The van der Waals surface area contributed by atoms with Gasteiger partial charge in [0.1, 0.15) is 12.2 Å². The zero-order valence-corrected chi connectivity index (χ0v) is 9.53. The van der Waals surface area contributed by atoms with E-state index in [9.17, 15) is 14.5 Å². The fraction of sp³-hybridized carbons (Fsp3) is 0.500. The van der Waals surface area contributed by atoms with Gasteiger partial charge >= 0.3 is 32.7 Å². The van der Waals surface area contributed by atoms with Gasteiger partial charge in [-0.3, -0.25) is 9.79 Å². The van der Waals surface area contributed by atoms with Gasteiger partial charge in [-0.2, -0.15) is 0 Å². The summed E-state index contributed by atoms with van der Waals surface area (Å²) in [5.41, 5.74) is 0. The molecule has 0 aromatic carbocycles. The van der Waals surface area contributed by atoms with Gasteiger partial charge in [-0.25, -0.2) is 9.36 Å². The van der Waals surface area contributed by atoms with Crippen LogP contribution in [0.4, 0.5) is 0 Å². The molecule has 0 bridgehead atoms. The zero-order chi connectivity index (χ0) is 12.5. The number of phosphoric acid groups is 1. The second-order valence-electron chi connectivity index (χ2n) is 2.85. The first-order valence-electron chi connectivity index (χ1n) is 3.92. The molecule has 0 saturated carbocycles. The normalized spacial score (nSPS) is 21.9. The van der Waals surface area contributed by atoms with Crippen molar-refractivity contribution in [3.63, 3.8) is 0 Å². The Morgan fingerprint density at radius 2 is 2.06 bits per heavy atom. The number of hydrogen-bond donors (Lipinski definition) is 4. The summed E-state index contributed by atoms with van der Waals surface area (Å²) in [6, 6.07) is 0. The van der Waals surface area contributed by atoms with Crippen LogP contribution in [0.1, 0.15) is 0 Å². The van der Waals surface area contributed by atoms with Crippen LogP contribution >= 0.6 is 7.82 Å². The maximum absolute atomic E-state index is 11.3. The third-order valence-corrected chi connectivity index (χ3v) is 2.07. The number of carbonyl (C=O) groups excluding carboxylic acids is 1. The molecule has 11 heteroatoms. The van der Waals surface area contributed by atoms with Crippen LogP contribution in [-0.2, 0) is 18.6 Å². The van der Waals surface area contributed by atoms with Crippen LogP contribution in [0.15, 0.2) is 11.5 Å². The van der Waals surface area contributed by atoms with Crippen molar-refractivity contribution in [2.24, 2.45) is 0 Å².